The van der Waals surface area contributed by atoms with Gasteiger partial charge in [0, 0.05) is 22.3 Å². The maximum atomic E-state index is 11.2. The van der Waals surface area contributed by atoms with Crippen molar-refractivity contribution in [2.75, 3.05) is 6.26 Å². The summed E-state index contributed by atoms with van der Waals surface area (Å²) in [4.78, 5) is 0. The minimum Gasteiger partial charge on any atom is -0.260 e. The van der Waals surface area contributed by atoms with Crippen LogP contribution in [0.15, 0.2) is 24.3 Å². The topological polar surface area (TPSA) is 17.1 Å². The molecule has 1 aromatic carbocycles. The Hall–Kier alpha value is -0.630. The van der Waals surface area contributed by atoms with Gasteiger partial charge in [-0.2, -0.15) is 0 Å². The summed E-state index contributed by atoms with van der Waals surface area (Å²) in [6.07, 6.45) is 3.80. The van der Waals surface area contributed by atoms with E-state index in [4.69, 9.17) is 0 Å². The second kappa shape index (κ2) is 3.02. The largest absolute Gasteiger partial charge is 0.260 e. The van der Waals surface area contributed by atoms with Gasteiger partial charge in [0.1, 0.15) is 0 Å². The molecular weight excluding hydrogens is 168 g/mol. The quantitative estimate of drug-likeness (QED) is 0.640. The van der Waals surface area contributed by atoms with Crippen LogP contribution in [0.4, 0.5) is 0 Å². The molecule has 1 aromatic rings. The molecule has 1 atom stereocenters. The molecule has 0 fully saturated rings. The normalized spacial score (nSPS) is 19.1. The van der Waals surface area contributed by atoms with E-state index in [1.807, 2.05) is 0 Å². The summed E-state index contributed by atoms with van der Waals surface area (Å²) in [5, 5.41) is 0.363. The fraction of sp³-hybridized carbons (Fsp3) is 0.400. The van der Waals surface area contributed by atoms with Gasteiger partial charge in [0.2, 0.25) is 0 Å². The van der Waals surface area contributed by atoms with Gasteiger partial charge in [-0.3, -0.25) is 4.21 Å². The van der Waals surface area contributed by atoms with E-state index in [0.29, 0.717) is 5.25 Å². The second-order valence-corrected chi connectivity index (χ2v) is 4.96. The Balaban J connectivity index is 2.27. The third kappa shape index (κ3) is 1.31. The standard InChI is InChI=1S/C10H12OS/c1-12(11)10-6-8-4-2-3-5-9(8)7-10/h2-5,10H,6-7H2,1H3. The highest BCUT2D eigenvalue weighted by molar-refractivity contribution is 7.84. The van der Waals surface area contributed by atoms with Crippen LogP contribution in [0.3, 0.4) is 0 Å². The monoisotopic (exact) mass is 180 g/mol. The molecular formula is C10H12OS. The molecule has 0 saturated heterocycles. The Morgan fingerprint density at radius 2 is 1.75 bits per heavy atom. The molecule has 0 heterocycles. The molecule has 2 rings (SSSR count). The van der Waals surface area contributed by atoms with Gasteiger partial charge in [0.25, 0.3) is 0 Å². The summed E-state index contributed by atoms with van der Waals surface area (Å²) in [7, 11) is -0.667. The van der Waals surface area contributed by atoms with Crippen LogP contribution in [0.1, 0.15) is 11.1 Å². The van der Waals surface area contributed by atoms with Crippen molar-refractivity contribution in [1.29, 1.82) is 0 Å². The van der Waals surface area contributed by atoms with Crippen LogP contribution >= 0.6 is 0 Å². The van der Waals surface area contributed by atoms with E-state index in [1.54, 1.807) is 6.26 Å². The lowest BCUT2D eigenvalue weighted by Crippen LogP contribution is -2.13. The predicted molar refractivity (Wildman–Crippen MR) is 51.7 cm³/mol. The number of benzene rings is 1. The molecule has 12 heavy (non-hydrogen) atoms. The zero-order valence-electron chi connectivity index (χ0n) is 7.12. The minimum absolute atomic E-state index is 0.363. The van der Waals surface area contributed by atoms with Gasteiger partial charge in [-0.05, 0) is 24.0 Å². The van der Waals surface area contributed by atoms with E-state index in [9.17, 15) is 4.21 Å². The second-order valence-electron chi connectivity index (χ2n) is 3.30. The molecule has 0 aliphatic heterocycles. The Morgan fingerprint density at radius 3 is 2.17 bits per heavy atom. The maximum absolute atomic E-state index is 11.2. The highest BCUT2D eigenvalue weighted by Crippen LogP contribution is 2.24. The third-order valence-electron chi connectivity index (χ3n) is 2.48. The summed E-state index contributed by atoms with van der Waals surface area (Å²) in [5.41, 5.74) is 2.77. The molecule has 0 radical (unpaired) electrons. The third-order valence-corrected chi connectivity index (χ3v) is 3.76. The van der Waals surface area contributed by atoms with Crippen LogP contribution in [-0.4, -0.2) is 15.7 Å². The minimum atomic E-state index is -0.667. The highest BCUT2D eigenvalue weighted by Gasteiger charge is 2.23. The first-order valence-corrected chi connectivity index (χ1v) is 5.78. The number of hydrogen-bond donors (Lipinski definition) is 0. The van der Waals surface area contributed by atoms with Gasteiger partial charge in [0.15, 0.2) is 0 Å². The first-order valence-electron chi connectivity index (χ1n) is 4.16. The zero-order valence-corrected chi connectivity index (χ0v) is 7.93. The Bertz CT molecular complexity index is 294. The fourth-order valence-electron chi connectivity index (χ4n) is 1.75. The van der Waals surface area contributed by atoms with E-state index in [0.717, 1.165) is 12.8 Å². The van der Waals surface area contributed by atoms with Crippen molar-refractivity contribution in [1.82, 2.24) is 0 Å². The van der Waals surface area contributed by atoms with E-state index < -0.39 is 10.8 Å². The van der Waals surface area contributed by atoms with Crippen LogP contribution in [0.5, 0.6) is 0 Å². The maximum Gasteiger partial charge on any atom is 0.0426 e. The first kappa shape index (κ1) is 7.99. The molecule has 0 amide bonds. The summed E-state index contributed by atoms with van der Waals surface area (Å²) in [5.74, 6) is 0. The average Bonchev–Trinajstić information content (AvgIpc) is 2.46. The summed E-state index contributed by atoms with van der Waals surface area (Å²) >= 11 is 0. The van der Waals surface area contributed by atoms with Gasteiger partial charge in [0.05, 0.1) is 0 Å². The predicted octanol–water partition coefficient (Wildman–Crippen LogP) is 1.53. The number of fused-ring (bicyclic) bond motifs is 1. The summed E-state index contributed by atoms with van der Waals surface area (Å²) in [6, 6.07) is 8.39. The molecule has 0 aromatic heterocycles. The van der Waals surface area contributed by atoms with Gasteiger partial charge >= 0.3 is 0 Å². The zero-order chi connectivity index (χ0) is 8.55. The van der Waals surface area contributed by atoms with Crippen LogP contribution in [-0.2, 0) is 23.6 Å². The average molecular weight is 180 g/mol. The van der Waals surface area contributed by atoms with E-state index in [-0.39, 0.29) is 0 Å². The molecule has 0 spiro atoms. The van der Waals surface area contributed by atoms with Gasteiger partial charge < -0.3 is 0 Å². The van der Waals surface area contributed by atoms with Crippen molar-refractivity contribution < 1.29 is 4.21 Å². The SMILES string of the molecule is CS(=O)C1Cc2ccccc2C1. The molecule has 2 heteroatoms. The number of hydrogen-bond acceptors (Lipinski definition) is 1. The van der Waals surface area contributed by atoms with E-state index in [2.05, 4.69) is 24.3 Å². The van der Waals surface area contributed by atoms with Crippen LogP contribution in [0, 0.1) is 0 Å². The van der Waals surface area contributed by atoms with Crippen molar-refractivity contribution in [2.45, 2.75) is 18.1 Å². The van der Waals surface area contributed by atoms with Crippen molar-refractivity contribution in [2.24, 2.45) is 0 Å². The lowest BCUT2D eigenvalue weighted by molar-refractivity contribution is 0.675. The summed E-state index contributed by atoms with van der Waals surface area (Å²) < 4.78 is 11.2. The highest BCUT2D eigenvalue weighted by atomic mass is 32.2. The Labute approximate surface area is 75.3 Å². The van der Waals surface area contributed by atoms with Crippen molar-refractivity contribution in [3.8, 4) is 0 Å². The lowest BCUT2D eigenvalue weighted by atomic mass is 10.1. The van der Waals surface area contributed by atoms with E-state index in [1.165, 1.54) is 11.1 Å². The Morgan fingerprint density at radius 1 is 1.25 bits per heavy atom. The molecule has 0 bridgehead atoms. The summed E-state index contributed by atoms with van der Waals surface area (Å²) in [6.45, 7) is 0. The number of rotatable bonds is 1. The first-order chi connectivity index (χ1) is 5.77. The van der Waals surface area contributed by atoms with Crippen LogP contribution < -0.4 is 0 Å². The molecule has 1 aliphatic carbocycles. The van der Waals surface area contributed by atoms with Gasteiger partial charge in [-0.1, -0.05) is 24.3 Å². The lowest BCUT2D eigenvalue weighted by Gasteiger charge is -2.01. The fourth-order valence-corrected chi connectivity index (χ4v) is 2.58. The van der Waals surface area contributed by atoms with Crippen molar-refractivity contribution >= 4 is 10.8 Å². The smallest absolute Gasteiger partial charge is 0.0426 e. The molecule has 0 saturated carbocycles. The molecule has 1 unspecified atom stereocenters. The molecule has 1 aliphatic rings. The van der Waals surface area contributed by atoms with E-state index >= 15 is 0 Å². The van der Waals surface area contributed by atoms with Crippen molar-refractivity contribution in [3.05, 3.63) is 35.4 Å². The van der Waals surface area contributed by atoms with Crippen LogP contribution in [0.2, 0.25) is 0 Å². The Kier molecular flexibility index (Phi) is 2.01. The molecule has 0 N–H and O–H groups in total. The van der Waals surface area contributed by atoms with Crippen molar-refractivity contribution in [3.63, 3.8) is 0 Å². The molecule has 64 valence electrons. The molecule has 1 nitrogen and oxygen atoms in total. The van der Waals surface area contributed by atoms with Gasteiger partial charge in [-0.15, -0.1) is 0 Å². The van der Waals surface area contributed by atoms with Gasteiger partial charge in [-0.25, -0.2) is 0 Å². The van der Waals surface area contributed by atoms with Crippen LogP contribution in [0.25, 0.3) is 0 Å².